The van der Waals surface area contributed by atoms with Gasteiger partial charge >= 0.3 is 0 Å². The number of nitrogens with one attached hydrogen (secondary N) is 1. The lowest BCUT2D eigenvalue weighted by Crippen LogP contribution is -2.42. The van der Waals surface area contributed by atoms with E-state index in [0.29, 0.717) is 38.3 Å². The van der Waals surface area contributed by atoms with E-state index in [0.717, 1.165) is 11.3 Å². The summed E-state index contributed by atoms with van der Waals surface area (Å²) in [5.41, 5.74) is 7.97. The molecule has 94 valence electrons. The number of ether oxygens (including phenoxy) is 1. The molecule has 1 heterocycles. The summed E-state index contributed by atoms with van der Waals surface area (Å²) in [5, 5.41) is 13.5. The van der Waals surface area contributed by atoms with E-state index in [1.165, 1.54) is 0 Å². The Morgan fingerprint density at radius 2 is 2.12 bits per heavy atom. The second-order valence-electron chi connectivity index (χ2n) is 4.78. The summed E-state index contributed by atoms with van der Waals surface area (Å²) >= 11 is 0. The van der Waals surface area contributed by atoms with Crippen LogP contribution in [0.15, 0.2) is 18.2 Å². The van der Waals surface area contributed by atoms with E-state index in [1.807, 2.05) is 25.1 Å². The predicted molar refractivity (Wildman–Crippen MR) is 69.1 cm³/mol. The van der Waals surface area contributed by atoms with E-state index in [1.54, 1.807) is 0 Å². The van der Waals surface area contributed by atoms with Crippen molar-refractivity contribution in [1.29, 1.82) is 0 Å². The van der Waals surface area contributed by atoms with Gasteiger partial charge in [-0.1, -0.05) is 6.07 Å². The quantitative estimate of drug-likeness (QED) is 0.696. The first kappa shape index (κ1) is 12.2. The molecule has 0 amide bonds. The van der Waals surface area contributed by atoms with Gasteiger partial charge in [-0.2, -0.15) is 0 Å². The van der Waals surface area contributed by atoms with Gasteiger partial charge in [-0.05, 0) is 24.6 Å². The van der Waals surface area contributed by atoms with Crippen LogP contribution in [-0.2, 0) is 4.74 Å². The van der Waals surface area contributed by atoms with Crippen molar-refractivity contribution in [2.24, 2.45) is 0 Å². The van der Waals surface area contributed by atoms with Crippen molar-refractivity contribution in [2.45, 2.75) is 25.4 Å². The third kappa shape index (κ3) is 3.11. The molecule has 4 N–H and O–H groups in total. The van der Waals surface area contributed by atoms with E-state index in [-0.39, 0.29) is 0 Å². The molecular formula is C13H20N2O2. The van der Waals surface area contributed by atoms with E-state index in [4.69, 9.17) is 10.5 Å². The molecule has 0 bridgehead atoms. The van der Waals surface area contributed by atoms with Crippen LogP contribution in [0.5, 0.6) is 0 Å². The van der Waals surface area contributed by atoms with Gasteiger partial charge in [-0.3, -0.25) is 0 Å². The first-order chi connectivity index (χ1) is 8.09. The predicted octanol–water partition coefficient (Wildman–Crippen LogP) is 1.53. The minimum Gasteiger partial charge on any atom is -0.397 e. The second-order valence-corrected chi connectivity index (χ2v) is 4.78. The third-order valence-electron chi connectivity index (χ3n) is 3.24. The number of anilines is 2. The molecule has 1 fully saturated rings. The summed E-state index contributed by atoms with van der Waals surface area (Å²) in [6.45, 7) is 3.79. The number of benzene rings is 1. The number of rotatable bonds is 3. The monoisotopic (exact) mass is 236 g/mol. The number of aryl methyl sites for hydroxylation is 1. The van der Waals surface area contributed by atoms with Gasteiger partial charge < -0.3 is 20.9 Å². The molecule has 1 aromatic rings. The van der Waals surface area contributed by atoms with Crippen LogP contribution in [0, 0.1) is 6.92 Å². The van der Waals surface area contributed by atoms with Gasteiger partial charge in [0.15, 0.2) is 0 Å². The van der Waals surface area contributed by atoms with Crippen molar-refractivity contribution < 1.29 is 9.84 Å². The molecule has 1 aliphatic heterocycles. The zero-order chi connectivity index (χ0) is 12.3. The molecule has 4 heteroatoms. The van der Waals surface area contributed by atoms with Crippen LogP contribution in [0.1, 0.15) is 18.4 Å². The summed E-state index contributed by atoms with van der Waals surface area (Å²) in [5.74, 6) is 0. The van der Waals surface area contributed by atoms with Gasteiger partial charge in [0.1, 0.15) is 0 Å². The third-order valence-corrected chi connectivity index (χ3v) is 3.24. The zero-order valence-corrected chi connectivity index (χ0v) is 10.2. The Labute approximate surface area is 102 Å². The summed E-state index contributed by atoms with van der Waals surface area (Å²) in [6, 6.07) is 5.85. The summed E-state index contributed by atoms with van der Waals surface area (Å²) in [4.78, 5) is 0. The Balaban J connectivity index is 1.99. The maximum Gasteiger partial charge on any atom is 0.0863 e. The van der Waals surface area contributed by atoms with Gasteiger partial charge in [0, 0.05) is 32.6 Å². The van der Waals surface area contributed by atoms with Crippen molar-refractivity contribution in [2.75, 3.05) is 30.8 Å². The van der Waals surface area contributed by atoms with Crippen molar-refractivity contribution in [1.82, 2.24) is 0 Å². The SMILES string of the molecule is Cc1ccc(N)c(NCC2(O)CCOCC2)c1. The maximum atomic E-state index is 10.3. The summed E-state index contributed by atoms with van der Waals surface area (Å²) in [7, 11) is 0. The van der Waals surface area contributed by atoms with E-state index >= 15 is 0 Å². The van der Waals surface area contributed by atoms with Crippen molar-refractivity contribution in [3.63, 3.8) is 0 Å². The maximum absolute atomic E-state index is 10.3. The van der Waals surface area contributed by atoms with Gasteiger partial charge in [-0.25, -0.2) is 0 Å². The number of nitrogen functional groups attached to an aromatic ring is 1. The van der Waals surface area contributed by atoms with Gasteiger partial charge in [0.2, 0.25) is 0 Å². The zero-order valence-electron chi connectivity index (χ0n) is 10.2. The fourth-order valence-corrected chi connectivity index (χ4v) is 2.01. The highest BCUT2D eigenvalue weighted by atomic mass is 16.5. The Morgan fingerprint density at radius 1 is 1.41 bits per heavy atom. The topological polar surface area (TPSA) is 67.5 Å². The average Bonchev–Trinajstić information content (AvgIpc) is 2.31. The van der Waals surface area contributed by atoms with Crippen LogP contribution in [0.2, 0.25) is 0 Å². The van der Waals surface area contributed by atoms with Crippen molar-refractivity contribution in [3.8, 4) is 0 Å². The second kappa shape index (κ2) is 4.94. The fourth-order valence-electron chi connectivity index (χ4n) is 2.01. The molecule has 0 aliphatic carbocycles. The number of hydrogen-bond acceptors (Lipinski definition) is 4. The molecule has 17 heavy (non-hydrogen) atoms. The average molecular weight is 236 g/mol. The standard InChI is InChI=1S/C13H20N2O2/c1-10-2-3-11(14)12(8-10)15-9-13(16)4-6-17-7-5-13/h2-3,8,15-16H,4-7,9,14H2,1H3. The van der Waals surface area contributed by atoms with Crippen LogP contribution in [0.4, 0.5) is 11.4 Å². The number of aliphatic hydroxyl groups is 1. The highest BCUT2D eigenvalue weighted by Gasteiger charge is 2.29. The summed E-state index contributed by atoms with van der Waals surface area (Å²) in [6.07, 6.45) is 1.34. The highest BCUT2D eigenvalue weighted by molar-refractivity contribution is 5.67. The van der Waals surface area contributed by atoms with Crippen molar-refractivity contribution in [3.05, 3.63) is 23.8 Å². The molecule has 0 aromatic heterocycles. The Bertz CT molecular complexity index is 387. The lowest BCUT2D eigenvalue weighted by molar-refractivity contribution is -0.0543. The molecule has 1 saturated heterocycles. The Morgan fingerprint density at radius 3 is 2.82 bits per heavy atom. The summed E-state index contributed by atoms with van der Waals surface area (Å²) < 4.78 is 5.25. The Kier molecular flexibility index (Phi) is 3.54. The molecule has 0 atom stereocenters. The van der Waals surface area contributed by atoms with Crippen LogP contribution in [0.25, 0.3) is 0 Å². The van der Waals surface area contributed by atoms with Crippen molar-refractivity contribution >= 4 is 11.4 Å². The first-order valence-electron chi connectivity index (χ1n) is 5.99. The minimum absolute atomic E-state index is 0.518. The fraction of sp³-hybridized carbons (Fsp3) is 0.538. The molecule has 0 saturated carbocycles. The first-order valence-corrected chi connectivity index (χ1v) is 5.99. The van der Waals surface area contributed by atoms with Gasteiger partial charge in [-0.15, -0.1) is 0 Å². The number of nitrogens with two attached hydrogens (primary N) is 1. The largest absolute Gasteiger partial charge is 0.397 e. The Hall–Kier alpha value is -1.26. The molecular weight excluding hydrogens is 216 g/mol. The van der Waals surface area contributed by atoms with E-state index in [9.17, 15) is 5.11 Å². The molecule has 0 unspecified atom stereocenters. The smallest absolute Gasteiger partial charge is 0.0863 e. The lowest BCUT2D eigenvalue weighted by Gasteiger charge is -2.32. The van der Waals surface area contributed by atoms with Crippen LogP contribution >= 0.6 is 0 Å². The van der Waals surface area contributed by atoms with Gasteiger partial charge in [0.05, 0.1) is 17.0 Å². The van der Waals surface area contributed by atoms with Crippen LogP contribution in [-0.4, -0.2) is 30.5 Å². The molecule has 0 spiro atoms. The molecule has 4 nitrogen and oxygen atoms in total. The molecule has 0 radical (unpaired) electrons. The van der Waals surface area contributed by atoms with Crippen LogP contribution < -0.4 is 11.1 Å². The normalized spacial score (nSPS) is 18.9. The number of hydrogen-bond donors (Lipinski definition) is 3. The minimum atomic E-state index is -0.672. The molecule has 1 aromatic carbocycles. The van der Waals surface area contributed by atoms with E-state index < -0.39 is 5.60 Å². The highest BCUT2D eigenvalue weighted by Crippen LogP contribution is 2.24. The lowest BCUT2D eigenvalue weighted by atomic mass is 9.94. The molecule has 2 rings (SSSR count). The molecule has 1 aliphatic rings. The van der Waals surface area contributed by atoms with Crippen LogP contribution in [0.3, 0.4) is 0 Å². The van der Waals surface area contributed by atoms with E-state index in [2.05, 4.69) is 5.32 Å². The van der Waals surface area contributed by atoms with Gasteiger partial charge in [0.25, 0.3) is 0 Å².